The number of aromatic hydroxyl groups is 6. The van der Waals surface area contributed by atoms with E-state index in [1.165, 1.54) is 12.8 Å². The maximum absolute atomic E-state index is 11.7. The molecule has 1 heterocycles. The van der Waals surface area contributed by atoms with Gasteiger partial charge in [0.15, 0.2) is 34.5 Å². The normalized spacial score (nSPS) is 12.5. The summed E-state index contributed by atoms with van der Waals surface area (Å²) in [6.07, 6.45) is 2.56. The van der Waals surface area contributed by atoms with Gasteiger partial charge in [0.05, 0.1) is 11.1 Å². The minimum absolute atomic E-state index is 0.238. The molecule has 0 aliphatic carbocycles. The third-order valence-electron chi connectivity index (χ3n) is 3.99. The van der Waals surface area contributed by atoms with E-state index in [4.69, 9.17) is 14.2 Å². The van der Waals surface area contributed by atoms with Gasteiger partial charge in [-0.2, -0.15) is 0 Å². The highest BCUT2D eigenvalue weighted by molar-refractivity contribution is 5.92. The van der Waals surface area contributed by atoms with E-state index in [0.29, 0.717) is 0 Å². The van der Waals surface area contributed by atoms with Crippen LogP contribution in [0.25, 0.3) is 0 Å². The zero-order valence-electron chi connectivity index (χ0n) is 16.3. The average Bonchev–Trinajstić information content (AvgIpc) is 3.32. The number of ether oxygens (including phenoxy) is 3. The summed E-state index contributed by atoms with van der Waals surface area (Å²) in [6, 6.07) is 3.52. The first-order chi connectivity index (χ1) is 14.7. The van der Waals surface area contributed by atoms with Crippen LogP contribution in [-0.2, 0) is 14.2 Å². The minimum atomic E-state index is -0.952. The summed E-state index contributed by atoms with van der Waals surface area (Å²) in [6.45, 7) is 1.26. The molecule has 1 aliphatic rings. The summed E-state index contributed by atoms with van der Waals surface area (Å²) in [5, 5.41) is 55.7. The van der Waals surface area contributed by atoms with Crippen molar-refractivity contribution in [3.63, 3.8) is 0 Å². The maximum Gasteiger partial charge on any atom is 0.338 e. The van der Waals surface area contributed by atoms with Gasteiger partial charge < -0.3 is 44.8 Å². The van der Waals surface area contributed by atoms with Gasteiger partial charge in [-0.1, -0.05) is 0 Å². The Hall–Kier alpha value is -3.86. The molecular formula is C20H22O11. The Morgan fingerprint density at radius 2 is 1.00 bits per heavy atom. The van der Waals surface area contributed by atoms with Crippen LogP contribution in [0.3, 0.4) is 0 Å². The predicted octanol–water partition coefficient (Wildman–Crippen LogP) is 1.73. The Morgan fingerprint density at radius 1 is 0.677 bits per heavy atom. The Bertz CT molecular complexity index is 810. The predicted molar refractivity (Wildman–Crippen MR) is 103 cm³/mol. The summed E-state index contributed by atoms with van der Waals surface area (Å²) in [7, 11) is 0. The number of carbonyl (C=O) groups is 2. The average molecular weight is 438 g/mol. The number of benzene rings is 2. The van der Waals surface area contributed by atoms with Crippen molar-refractivity contribution in [1.29, 1.82) is 0 Å². The van der Waals surface area contributed by atoms with E-state index >= 15 is 0 Å². The minimum Gasteiger partial charge on any atom is -0.504 e. The highest BCUT2D eigenvalue weighted by atomic mass is 16.6. The van der Waals surface area contributed by atoms with Crippen LogP contribution in [-0.4, -0.2) is 69.0 Å². The lowest BCUT2D eigenvalue weighted by molar-refractivity contribution is 0.0265. The summed E-state index contributed by atoms with van der Waals surface area (Å²) in [5.74, 6) is -6.32. The van der Waals surface area contributed by atoms with Crippen molar-refractivity contribution in [2.24, 2.45) is 0 Å². The molecule has 0 radical (unpaired) electrons. The first-order valence-corrected chi connectivity index (χ1v) is 9.12. The topological polar surface area (TPSA) is 183 Å². The summed E-state index contributed by atoms with van der Waals surface area (Å²) in [4.78, 5) is 23.5. The van der Waals surface area contributed by atoms with E-state index in [0.717, 1.165) is 37.5 Å². The number of phenols is 6. The third-order valence-corrected chi connectivity index (χ3v) is 3.99. The molecule has 31 heavy (non-hydrogen) atoms. The molecular weight excluding hydrogens is 416 g/mol. The fourth-order valence-electron chi connectivity index (χ4n) is 2.39. The first kappa shape index (κ1) is 23.4. The van der Waals surface area contributed by atoms with Gasteiger partial charge in [0.2, 0.25) is 0 Å². The monoisotopic (exact) mass is 438 g/mol. The quantitative estimate of drug-likeness (QED) is 0.227. The molecule has 3 rings (SSSR count). The Balaban J connectivity index is 0.000000597. The molecule has 0 unspecified atom stereocenters. The van der Waals surface area contributed by atoms with Crippen LogP contribution in [0.4, 0.5) is 0 Å². The van der Waals surface area contributed by atoms with Crippen molar-refractivity contribution >= 4 is 11.9 Å². The molecule has 2 aromatic rings. The smallest absolute Gasteiger partial charge is 0.338 e. The largest absolute Gasteiger partial charge is 0.504 e. The number of phenolic OH excluding ortho intramolecular Hbond substituents is 6. The lowest BCUT2D eigenvalue weighted by Crippen LogP contribution is -2.14. The molecule has 0 spiro atoms. The molecule has 0 atom stereocenters. The molecule has 0 aromatic heterocycles. The van der Waals surface area contributed by atoms with Gasteiger partial charge in [-0.3, -0.25) is 0 Å². The second-order valence-electron chi connectivity index (χ2n) is 6.32. The molecule has 2 aromatic carbocycles. The second kappa shape index (κ2) is 10.8. The number of hydrogen-bond acceptors (Lipinski definition) is 11. The van der Waals surface area contributed by atoms with Crippen molar-refractivity contribution in [2.75, 3.05) is 26.4 Å². The summed E-state index contributed by atoms with van der Waals surface area (Å²) in [5.41, 5.74) is -0.477. The van der Waals surface area contributed by atoms with Crippen LogP contribution in [0.15, 0.2) is 24.3 Å². The van der Waals surface area contributed by atoms with Crippen LogP contribution in [0.5, 0.6) is 34.5 Å². The zero-order valence-corrected chi connectivity index (χ0v) is 16.3. The van der Waals surface area contributed by atoms with Crippen LogP contribution in [0.2, 0.25) is 0 Å². The van der Waals surface area contributed by atoms with Gasteiger partial charge in [0.1, 0.15) is 13.2 Å². The summed E-state index contributed by atoms with van der Waals surface area (Å²) >= 11 is 0. The van der Waals surface area contributed by atoms with Crippen molar-refractivity contribution in [2.45, 2.75) is 12.8 Å². The third kappa shape index (κ3) is 6.57. The van der Waals surface area contributed by atoms with E-state index in [1.807, 2.05) is 0 Å². The van der Waals surface area contributed by atoms with Crippen LogP contribution in [0, 0.1) is 0 Å². The highest BCUT2D eigenvalue weighted by Crippen LogP contribution is 2.36. The molecule has 11 nitrogen and oxygen atoms in total. The highest BCUT2D eigenvalue weighted by Gasteiger charge is 2.16. The Morgan fingerprint density at radius 3 is 1.26 bits per heavy atom. The fraction of sp³-hybridized carbons (Fsp3) is 0.300. The van der Waals surface area contributed by atoms with Gasteiger partial charge in [-0.15, -0.1) is 0 Å². The van der Waals surface area contributed by atoms with Gasteiger partial charge >= 0.3 is 11.9 Å². The van der Waals surface area contributed by atoms with Crippen LogP contribution >= 0.6 is 0 Å². The molecule has 0 bridgehead atoms. The molecule has 11 heteroatoms. The lowest BCUT2D eigenvalue weighted by Gasteiger charge is -2.09. The number of hydrogen-bond donors (Lipinski definition) is 6. The van der Waals surface area contributed by atoms with E-state index in [-0.39, 0.29) is 24.3 Å². The standard InChI is InChI=1S/C16H14O10.C4H8O/c17-9-3-7(4-10(18)13(9)21)15(23)25-1-2-26-16(24)8-5-11(19)14(22)12(20)6-8;1-2-4-5-3-1/h3-6,17-22H,1-2H2;1-4H2. The zero-order chi connectivity index (χ0) is 23.0. The van der Waals surface area contributed by atoms with E-state index in [1.54, 1.807) is 0 Å². The van der Waals surface area contributed by atoms with E-state index in [2.05, 4.69) is 0 Å². The van der Waals surface area contributed by atoms with E-state index in [9.17, 15) is 40.2 Å². The van der Waals surface area contributed by atoms with Gasteiger partial charge in [0, 0.05) is 13.2 Å². The fourth-order valence-corrected chi connectivity index (χ4v) is 2.39. The summed E-state index contributed by atoms with van der Waals surface area (Å²) < 4.78 is 14.5. The molecule has 1 saturated heterocycles. The van der Waals surface area contributed by atoms with Crippen molar-refractivity contribution < 1.29 is 54.4 Å². The number of esters is 2. The molecule has 168 valence electrons. The van der Waals surface area contributed by atoms with Crippen molar-refractivity contribution in [3.05, 3.63) is 35.4 Å². The molecule has 0 saturated carbocycles. The van der Waals surface area contributed by atoms with Gasteiger partial charge in [-0.25, -0.2) is 9.59 Å². The Kier molecular flexibility index (Phi) is 8.15. The maximum atomic E-state index is 11.7. The molecule has 1 aliphatic heterocycles. The van der Waals surface area contributed by atoms with Crippen LogP contribution < -0.4 is 0 Å². The molecule has 0 amide bonds. The first-order valence-electron chi connectivity index (χ1n) is 9.12. The lowest BCUT2D eigenvalue weighted by atomic mass is 10.2. The second-order valence-corrected chi connectivity index (χ2v) is 6.32. The van der Waals surface area contributed by atoms with E-state index < -0.39 is 46.4 Å². The van der Waals surface area contributed by atoms with Crippen molar-refractivity contribution in [3.8, 4) is 34.5 Å². The molecule has 6 N–H and O–H groups in total. The number of carbonyl (C=O) groups excluding carboxylic acids is 2. The molecule has 1 fully saturated rings. The van der Waals surface area contributed by atoms with Crippen LogP contribution in [0.1, 0.15) is 33.6 Å². The van der Waals surface area contributed by atoms with Gasteiger partial charge in [-0.05, 0) is 37.1 Å². The SMILES string of the molecule is C1CCOC1.O=C(OCCOC(=O)c1cc(O)c(O)c(O)c1)c1cc(O)c(O)c(O)c1. The number of rotatable bonds is 5. The van der Waals surface area contributed by atoms with Gasteiger partial charge in [0.25, 0.3) is 0 Å². The van der Waals surface area contributed by atoms with Crippen molar-refractivity contribution in [1.82, 2.24) is 0 Å². The Labute approximate surface area is 176 Å².